The van der Waals surface area contributed by atoms with Gasteiger partial charge in [0.1, 0.15) is 5.82 Å². The van der Waals surface area contributed by atoms with Crippen LogP contribution in [0.25, 0.3) is 28.5 Å². The van der Waals surface area contributed by atoms with E-state index in [0.29, 0.717) is 5.82 Å². The van der Waals surface area contributed by atoms with Gasteiger partial charge >= 0.3 is 0 Å². The van der Waals surface area contributed by atoms with Gasteiger partial charge < -0.3 is 0 Å². The van der Waals surface area contributed by atoms with E-state index in [2.05, 4.69) is 4.98 Å². The fraction of sp³-hybridized carbons (Fsp3) is 0. The maximum Gasteiger partial charge on any atom is 0.256 e. The summed E-state index contributed by atoms with van der Waals surface area (Å²) >= 11 is 0. The highest BCUT2D eigenvalue weighted by atomic mass is 16.2. The number of aromatic nitrogens is 2. The summed E-state index contributed by atoms with van der Waals surface area (Å²) in [6.45, 7) is 0. The van der Waals surface area contributed by atoms with Crippen molar-refractivity contribution in [1.82, 2.24) is 9.55 Å². The van der Waals surface area contributed by atoms with E-state index in [1.807, 2.05) is 91.0 Å². The standard InChI is InChI=1S/C22H16N2O/c25-21(16-15-17-9-3-1-4-10-17)24-20-14-8-7-13-19(20)23-22(24)18-11-5-2-6-12-18/h1-16H/b16-15+. The van der Waals surface area contributed by atoms with Crippen LogP contribution in [0.5, 0.6) is 0 Å². The van der Waals surface area contributed by atoms with Crippen LogP contribution in [0, 0.1) is 0 Å². The van der Waals surface area contributed by atoms with E-state index in [9.17, 15) is 4.79 Å². The molecule has 0 amide bonds. The van der Waals surface area contributed by atoms with Crippen LogP contribution in [-0.2, 0) is 0 Å². The van der Waals surface area contributed by atoms with E-state index in [1.165, 1.54) is 0 Å². The molecule has 0 saturated carbocycles. The zero-order valence-corrected chi connectivity index (χ0v) is 13.5. The van der Waals surface area contributed by atoms with Crippen LogP contribution in [0.3, 0.4) is 0 Å². The van der Waals surface area contributed by atoms with E-state index in [0.717, 1.165) is 22.2 Å². The lowest BCUT2D eigenvalue weighted by molar-refractivity contribution is 0.0976. The van der Waals surface area contributed by atoms with Crippen LogP contribution in [0.1, 0.15) is 10.4 Å². The largest absolute Gasteiger partial charge is 0.269 e. The van der Waals surface area contributed by atoms with E-state index in [-0.39, 0.29) is 5.91 Å². The second-order valence-electron chi connectivity index (χ2n) is 5.71. The number of carbonyl (C=O) groups excluding carboxylic acids is 1. The fourth-order valence-electron chi connectivity index (χ4n) is 2.84. The van der Waals surface area contributed by atoms with E-state index in [4.69, 9.17) is 0 Å². The van der Waals surface area contributed by atoms with Gasteiger partial charge in [-0.3, -0.25) is 9.36 Å². The number of carbonyl (C=O) groups is 1. The Hall–Kier alpha value is -3.46. The molecule has 0 bridgehead atoms. The highest BCUT2D eigenvalue weighted by molar-refractivity contribution is 6.02. The summed E-state index contributed by atoms with van der Waals surface area (Å²) in [5.74, 6) is 0.543. The molecule has 0 N–H and O–H groups in total. The summed E-state index contributed by atoms with van der Waals surface area (Å²) in [6, 6.07) is 27.3. The summed E-state index contributed by atoms with van der Waals surface area (Å²) in [4.78, 5) is 17.6. The number of hydrogen-bond acceptors (Lipinski definition) is 2. The molecule has 0 radical (unpaired) electrons. The van der Waals surface area contributed by atoms with Crippen molar-refractivity contribution in [3.8, 4) is 11.4 Å². The van der Waals surface area contributed by atoms with Crippen molar-refractivity contribution < 1.29 is 4.79 Å². The van der Waals surface area contributed by atoms with Crippen LogP contribution < -0.4 is 0 Å². The number of fused-ring (bicyclic) bond motifs is 1. The van der Waals surface area contributed by atoms with E-state index >= 15 is 0 Å². The Morgan fingerprint density at radius 3 is 2.20 bits per heavy atom. The summed E-state index contributed by atoms with van der Waals surface area (Å²) < 4.78 is 1.67. The first-order valence-electron chi connectivity index (χ1n) is 8.13. The van der Waals surface area contributed by atoms with Crippen LogP contribution >= 0.6 is 0 Å². The lowest BCUT2D eigenvalue weighted by Gasteiger charge is -2.05. The summed E-state index contributed by atoms with van der Waals surface area (Å²) in [6.07, 6.45) is 3.42. The van der Waals surface area contributed by atoms with Crippen LogP contribution in [-0.4, -0.2) is 15.5 Å². The van der Waals surface area contributed by atoms with Gasteiger partial charge in [0.05, 0.1) is 11.0 Å². The Balaban J connectivity index is 1.82. The maximum absolute atomic E-state index is 12.9. The molecule has 4 aromatic rings. The lowest BCUT2D eigenvalue weighted by Crippen LogP contribution is -2.09. The second kappa shape index (κ2) is 6.57. The van der Waals surface area contributed by atoms with Crippen LogP contribution in [0.4, 0.5) is 0 Å². The highest BCUT2D eigenvalue weighted by Crippen LogP contribution is 2.24. The molecule has 3 aromatic carbocycles. The Morgan fingerprint density at radius 2 is 1.44 bits per heavy atom. The molecule has 0 aliphatic heterocycles. The zero-order chi connectivity index (χ0) is 17.1. The maximum atomic E-state index is 12.9. The normalized spacial score (nSPS) is 11.2. The number of para-hydroxylation sites is 2. The minimum atomic E-state index is -0.114. The molecule has 3 heteroatoms. The van der Waals surface area contributed by atoms with Gasteiger partial charge in [-0.15, -0.1) is 0 Å². The molecule has 1 heterocycles. The van der Waals surface area contributed by atoms with Crippen molar-refractivity contribution in [1.29, 1.82) is 0 Å². The number of allylic oxidation sites excluding steroid dienone is 1. The van der Waals surface area contributed by atoms with E-state index < -0.39 is 0 Å². The predicted octanol–water partition coefficient (Wildman–Crippen LogP) is 5.06. The van der Waals surface area contributed by atoms with Crippen molar-refractivity contribution >= 4 is 23.0 Å². The van der Waals surface area contributed by atoms with Gasteiger partial charge in [-0.25, -0.2) is 4.98 Å². The average molecular weight is 324 g/mol. The van der Waals surface area contributed by atoms with Gasteiger partial charge in [0.25, 0.3) is 5.91 Å². The van der Waals surface area contributed by atoms with Crippen molar-refractivity contribution in [2.24, 2.45) is 0 Å². The molecule has 25 heavy (non-hydrogen) atoms. The molecule has 0 fully saturated rings. The predicted molar refractivity (Wildman–Crippen MR) is 101 cm³/mol. The third kappa shape index (κ3) is 3.00. The van der Waals surface area contributed by atoms with Crippen molar-refractivity contribution in [2.45, 2.75) is 0 Å². The number of nitrogens with zero attached hydrogens (tertiary/aromatic N) is 2. The topological polar surface area (TPSA) is 34.9 Å². The minimum absolute atomic E-state index is 0.114. The minimum Gasteiger partial charge on any atom is -0.269 e. The lowest BCUT2D eigenvalue weighted by atomic mass is 10.2. The van der Waals surface area contributed by atoms with Gasteiger partial charge in [-0.2, -0.15) is 0 Å². The Bertz CT molecular complexity index is 1050. The Labute approximate surface area is 145 Å². The van der Waals surface area contributed by atoms with Crippen molar-refractivity contribution in [2.75, 3.05) is 0 Å². The first kappa shape index (κ1) is 15.1. The third-order valence-electron chi connectivity index (χ3n) is 4.03. The van der Waals surface area contributed by atoms with Gasteiger partial charge in [0.15, 0.2) is 0 Å². The summed E-state index contributed by atoms with van der Waals surface area (Å²) in [7, 11) is 0. The molecule has 3 nitrogen and oxygen atoms in total. The highest BCUT2D eigenvalue weighted by Gasteiger charge is 2.16. The SMILES string of the molecule is O=C(/C=C/c1ccccc1)n1c(-c2ccccc2)nc2ccccc21. The molecule has 4 rings (SSSR count). The van der Waals surface area contributed by atoms with Crippen molar-refractivity contribution in [3.63, 3.8) is 0 Å². The molecule has 0 aliphatic rings. The molecule has 0 aliphatic carbocycles. The smallest absolute Gasteiger partial charge is 0.256 e. The summed E-state index contributed by atoms with van der Waals surface area (Å²) in [5.41, 5.74) is 3.52. The molecule has 0 saturated heterocycles. The Kier molecular flexibility index (Phi) is 3.97. The first-order valence-corrected chi connectivity index (χ1v) is 8.13. The van der Waals surface area contributed by atoms with Crippen molar-refractivity contribution in [3.05, 3.63) is 96.6 Å². The molecule has 120 valence electrons. The molecular weight excluding hydrogens is 308 g/mol. The number of imidazole rings is 1. The first-order chi connectivity index (χ1) is 12.3. The molecule has 0 spiro atoms. The summed E-state index contributed by atoms with van der Waals surface area (Å²) in [5, 5.41) is 0. The molecular formula is C22H16N2O. The van der Waals surface area contributed by atoms with Gasteiger partial charge in [0.2, 0.25) is 0 Å². The van der Waals surface area contributed by atoms with Crippen LogP contribution in [0.2, 0.25) is 0 Å². The fourth-order valence-corrected chi connectivity index (χ4v) is 2.84. The number of hydrogen-bond donors (Lipinski definition) is 0. The van der Waals surface area contributed by atoms with Crippen LogP contribution in [0.15, 0.2) is 91.0 Å². The third-order valence-corrected chi connectivity index (χ3v) is 4.03. The molecule has 1 aromatic heterocycles. The van der Waals surface area contributed by atoms with Gasteiger partial charge in [0, 0.05) is 11.6 Å². The van der Waals surface area contributed by atoms with Gasteiger partial charge in [-0.05, 0) is 23.8 Å². The molecule has 0 unspecified atom stereocenters. The Morgan fingerprint density at radius 1 is 0.800 bits per heavy atom. The average Bonchev–Trinajstić information content (AvgIpc) is 3.07. The van der Waals surface area contributed by atoms with E-state index in [1.54, 1.807) is 10.6 Å². The second-order valence-corrected chi connectivity index (χ2v) is 5.71. The zero-order valence-electron chi connectivity index (χ0n) is 13.5. The number of rotatable bonds is 3. The monoisotopic (exact) mass is 324 g/mol. The number of benzene rings is 3. The quantitative estimate of drug-likeness (QED) is 0.494. The molecule has 0 atom stereocenters. The van der Waals surface area contributed by atoms with Gasteiger partial charge in [-0.1, -0.05) is 72.8 Å².